The van der Waals surface area contributed by atoms with Crippen LogP contribution in [0, 0.1) is 6.92 Å². The highest BCUT2D eigenvalue weighted by atomic mass is 16.6. The van der Waals surface area contributed by atoms with Crippen LogP contribution in [0.3, 0.4) is 0 Å². The van der Waals surface area contributed by atoms with Crippen LogP contribution in [0.15, 0.2) is 58.8 Å². The molecule has 0 saturated heterocycles. The van der Waals surface area contributed by atoms with Crippen LogP contribution in [0.25, 0.3) is 11.0 Å². The van der Waals surface area contributed by atoms with E-state index in [1.807, 2.05) is 72.7 Å². The number of carbonyl (C=O) groups is 1. The summed E-state index contributed by atoms with van der Waals surface area (Å²) in [5, 5.41) is 10.3. The van der Waals surface area contributed by atoms with Gasteiger partial charge in [-0.3, -0.25) is 4.79 Å². The summed E-state index contributed by atoms with van der Waals surface area (Å²) in [6.07, 6.45) is 5.27. The molecule has 170 valence electrons. The summed E-state index contributed by atoms with van der Waals surface area (Å²) in [6, 6.07) is 5.70. The van der Waals surface area contributed by atoms with E-state index in [0.29, 0.717) is 17.1 Å². The van der Waals surface area contributed by atoms with Crippen molar-refractivity contribution in [1.82, 2.24) is 0 Å². The fraction of sp³-hybridized carbons (Fsp3) is 0.423. The van der Waals surface area contributed by atoms with Crippen molar-refractivity contribution in [3.63, 3.8) is 0 Å². The second-order valence-corrected chi connectivity index (χ2v) is 7.83. The Balaban J connectivity index is 0.00000233. The van der Waals surface area contributed by atoms with Crippen LogP contribution in [-0.4, -0.2) is 16.7 Å². The molecule has 5 heteroatoms. The molecule has 1 N–H and O–H groups in total. The van der Waals surface area contributed by atoms with Gasteiger partial charge in [0.05, 0.1) is 13.0 Å². The molecule has 1 aromatic carbocycles. The fourth-order valence-electron chi connectivity index (χ4n) is 2.99. The molecule has 0 aliphatic heterocycles. The number of rotatable bonds is 8. The molecular weight excluding hydrogens is 392 g/mol. The van der Waals surface area contributed by atoms with Gasteiger partial charge in [0.2, 0.25) is 0 Å². The lowest BCUT2D eigenvalue weighted by Gasteiger charge is -2.20. The SMILES string of the molecule is C=C/C=C(OCc1cc2cc(CO)cc(C)c2o1)\C(=C/C)CC(=O)OC(C)(C)C.CC. The van der Waals surface area contributed by atoms with E-state index in [4.69, 9.17) is 13.9 Å². The van der Waals surface area contributed by atoms with Crippen LogP contribution in [0.1, 0.15) is 64.9 Å². The van der Waals surface area contributed by atoms with Crippen molar-refractivity contribution in [2.24, 2.45) is 0 Å². The van der Waals surface area contributed by atoms with Crippen molar-refractivity contribution in [3.05, 3.63) is 71.2 Å². The van der Waals surface area contributed by atoms with E-state index in [1.54, 1.807) is 12.2 Å². The smallest absolute Gasteiger partial charge is 0.310 e. The molecule has 1 heterocycles. The molecular formula is C26H36O5. The zero-order valence-corrected chi connectivity index (χ0v) is 19.9. The van der Waals surface area contributed by atoms with Gasteiger partial charge in [-0.2, -0.15) is 0 Å². The Labute approximate surface area is 186 Å². The monoisotopic (exact) mass is 428 g/mol. The molecule has 1 aromatic heterocycles. The number of carbonyl (C=O) groups excluding carboxylic acids is 1. The van der Waals surface area contributed by atoms with Crippen molar-refractivity contribution in [2.45, 2.75) is 73.7 Å². The van der Waals surface area contributed by atoms with Crippen molar-refractivity contribution in [1.29, 1.82) is 0 Å². The molecule has 0 unspecified atom stereocenters. The first kappa shape index (κ1) is 26.2. The summed E-state index contributed by atoms with van der Waals surface area (Å²) < 4.78 is 17.3. The number of esters is 1. The summed E-state index contributed by atoms with van der Waals surface area (Å²) >= 11 is 0. The molecule has 0 aliphatic carbocycles. The number of benzene rings is 1. The molecule has 0 aliphatic rings. The van der Waals surface area contributed by atoms with E-state index < -0.39 is 5.60 Å². The Hall–Kier alpha value is -2.79. The number of hydrogen-bond acceptors (Lipinski definition) is 5. The highest BCUT2D eigenvalue weighted by Crippen LogP contribution is 2.27. The number of aliphatic hydroxyl groups is 1. The average molecular weight is 429 g/mol. The minimum absolute atomic E-state index is 0.0185. The standard InChI is InChI=1S/C24H30O5.C2H6/c1-7-9-21(18(8-2)13-22(26)29-24(4,5)6)27-15-20-12-19-11-17(14-25)10-16(3)23(19)28-20;1-2/h7-12,25H,1,13-15H2,2-6H3;1-2H3/b18-8-,21-9+;. The Morgan fingerprint density at radius 1 is 1.23 bits per heavy atom. The summed E-state index contributed by atoms with van der Waals surface area (Å²) in [5.74, 6) is 0.877. The molecule has 0 amide bonds. The van der Waals surface area contributed by atoms with Crippen molar-refractivity contribution in [2.75, 3.05) is 0 Å². The molecule has 0 atom stereocenters. The fourth-order valence-corrected chi connectivity index (χ4v) is 2.99. The molecule has 5 nitrogen and oxygen atoms in total. The highest BCUT2D eigenvalue weighted by Gasteiger charge is 2.19. The Kier molecular flexibility index (Phi) is 10.3. The van der Waals surface area contributed by atoms with Crippen LogP contribution < -0.4 is 0 Å². The second-order valence-electron chi connectivity index (χ2n) is 7.83. The van der Waals surface area contributed by atoms with Crippen molar-refractivity contribution < 1.29 is 23.8 Å². The number of furan rings is 1. The van der Waals surface area contributed by atoms with Gasteiger partial charge in [-0.05, 0) is 64.0 Å². The van der Waals surface area contributed by atoms with E-state index in [0.717, 1.165) is 22.1 Å². The zero-order valence-electron chi connectivity index (χ0n) is 19.9. The van der Waals surface area contributed by atoms with Gasteiger partial charge >= 0.3 is 5.97 Å². The van der Waals surface area contributed by atoms with E-state index in [2.05, 4.69) is 6.58 Å². The predicted octanol–water partition coefficient (Wildman–Crippen LogP) is 6.52. The van der Waals surface area contributed by atoms with Crippen LogP contribution in [-0.2, 0) is 27.5 Å². The van der Waals surface area contributed by atoms with Crippen LogP contribution in [0.2, 0.25) is 0 Å². The molecule has 0 radical (unpaired) electrons. The second kappa shape index (κ2) is 12.2. The van der Waals surface area contributed by atoms with Crippen LogP contribution in [0.4, 0.5) is 0 Å². The normalized spacial score (nSPS) is 12.3. The quantitative estimate of drug-likeness (QED) is 0.294. The van der Waals surface area contributed by atoms with Gasteiger partial charge in [-0.25, -0.2) is 0 Å². The lowest BCUT2D eigenvalue weighted by Crippen LogP contribution is -2.24. The van der Waals surface area contributed by atoms with E-state index >= 15 is 0 Å². The molecule has 0 spiro atoms. The first-order valence-electron chi connectivity index (χ1n) is 10.6. The van der Waals surface area contributed by atoms with Crippen molar-refractivity contribution in [3.8, 4) is 0 Å². The molecule has 2 rings (SSSR count). The van der Waals surface area contributed by atoms with Crippen LogP contribution >= 0.6 is 0 Å². The first-order chi connectivity index (χ1) is 14.7. The van der Waals surface area contributed by atoms with E-state index in [1.165, 1.54) is 0 Å². The summed E-state index contributed by atoms with van der Waals surface area (Å²) in [4.78, 5) is 12.2. The number of fused-ring (bicyclic) bond motifs is 1. The van der Waals surface area contributed by atoms with Crippen LogP contribution in [0.5, 0.6) is 0 Å². The molecule has 0 fully saturated rings. The summed E-state index contributed by atoms with van der Waals surface area (Å²) in [7, 11) is 0. The number of hydrogen-bond donors (Lipinski definition) is 1. The number of ether oxygens (including phenoxy) is 2. The zero-order chi connectivity index (χ0) is 23.6. The maximum absolute atomic E-state index is 12.2. The maximum atomic E-state index is 12.2. The number of allylic oxidation sites excluding steroid dienone is 4. The highest BCUT2D eigenvalue weighted by molar-refractivity contribution is 5.81. The first-order valence-corrected chi connectivity index (χ1v) is 10.6. The van der Waals surface area contributed by atoms with Gasteiger partial charge < -0.3 is 19.0 Å². The molecule has 2 aromatic rings. The number of aryl methyl sites for hydroxylation is 1. The minimum Gasteiger partial charge on any atom is -0.485 e. The van der Waals surface area contributed by atoms with Gasteiger partial charge in [0, 0.05) is 11.0 Å². The molecule has 0 saturated carbocycles. The largest absolute Gasteiger partial charge is 0.485 e. The van der Waals surface area contributed by atoms with Gasteiger partial charge in [0.15, 0.2) is 0 Å². The lowest BCUT2D eigenvalue weighted by atomic mass is 10.1. The van der Waals surface area contributed by atoms with Gasteiger partial charge in [0.1, 0.15) is 29.3 Å². The van der Waals surface area contributed by atoms with Gasteiger partial charge in [0.25, 0.3) is 0 Å². The third-order valence-corrected chi connectivity index (χ3v) is 4.15. The van der Waals surface area contributed by atoms with E-state index in [9.17, 15) is 9.90 Å². The predicted molar refractivity (Wildman–Crippen MR) is 126 cm³/mol. The number of aliphatic hydroxyl groups excluding tert-OH is 1. The summed E-state index contributed by atoms with van der Waals surface area (Å²) in [6.45, 7) is 17.2. The van der Waals surface area contributed by atoms with Gasteiger partial charge in [-0.15, -0.1) is 0 Å². The van der Waals surface area contributed by atoms with Crippen molar-refractivity contribution >= 4 is 16.9 Å². The third kappa shape index (κ3) is 8.10. The maximum Gasteiger partial charge on any atom is 0.310 e. The van der Waals surface area contributed by atoms with Gasteiger partial charge in [-0.1, -0.05) is 38.6 Å². The van der Waals surface area contributed by atoms with E-state index in [-0.39, 0.29) is 25.6 Å². The molecule has 0 bridgehead atoms. The molecule has 31 heavy (non-hydrogen) atoms. The Morgan fingerprint density at radius 3 is 2.45 bits per heavy atom. The third-order valence-electron chi connectivity index (χ3n) is 4.15. The lowest BCUT2D eigenvalue weighted by molar-refractivity contribution is -0.153. The average Bonchev–Trinajstić information content (AvgIpc) is 3.13. The topological polar surface area (TPSA) is 68.9 Å². The Morgan fingerprint density at radius 2 is 1.90 bits per heavy atom. The summed E-state index contributed by atoms with van der Waals surface area (Å²) in [5.41, 5.74) is 2.74. The minimum atomic E-state index is -0.543. The Bertz CT molecular complexity index is 939.